The molecule has 1 aliphatic rings. The third-order valence-corrected chi connectivity index (χ3v) is 3.76. The van der Waals surface area contributed by atoms with Gasteiger partial charge in [-0.2, -0.15) is 0 Å². The number of rotatable bonds is 10. The van der Waals surface area contributed by atoms with Crippen LogP contribution >= 0.6 is 0 Å². The molecule has 0 aliphatic heterocycles. The number of unbranched alkanes of at least 4 members (excludes halogenated alkanes) is 5. The first-order valence-electron chi connectivity index (χ1n) is 7.39. The van der Waals surface area contributed by atoms with Crippen molar-refractivity contribution in [3.8, 4) is 0 Å². The molecule has 1 aliphatic carbocycles. The van der Waals surface area contributed by atoms with Gasteiger partial charge in [0.25, 0.3) is 0 Å². The van der Waals surface area contributed by atoms with Gasteiger partial charge >= 0.3 is 5.97 Å². The van der Waals surface area contributed by atoms with Crippen LogP contribution in [0.25, 0.3) is 0 Å². The normalized spacial score (nSPS) is 22.1. The van der Waals surface area contributed by atoms with Crippen molar-refractivity contribution in [3.05, 3.63) is 0 Å². The first-order valence-corrected chi connectivity index (χ1v) is 7.39. The summed E-state index contributed by atoms with van der Waals surface area (Å²) in [7, 11) is 1.36. The lowest BCUT2D eigenvalue weighted by Gasteiger charge is -2.32. The number of esters is 1. The Balaban J connectivity index is 2.02. The summed E-state index contributed by atoms with van der Waals surface area (Å²) in [5.41, 5.74) is 0. The molecule has 0 bridgehead atoms. The number of ketones is 1. The van der Waals surface area contributed by atoms with Crippen LogP contribution in [-0.4, -0.2) is 32.1 Å². The van der Waals surface area contributed by atoms with Gasteiger partial charge in [-0.1, -0.05) is 39.0 Å². The molecular weight excluding hydrogens is 244 g/mol. The van der Waals surface area contributed by atoms with Gasteiger partial charge in [0.05, 0.1) is 25.6 Å². The Kier molecular flexibility index (Phi) is 7.72. The molecule has 4 nitrogen and oxygen atoms in total. The number of carbonyl (C=O) groups is 2. The maximum absolute atomic E-state index is 11.4. The summed E-state index contributed by atoms with van der Waals surface area (Å²) in [6.45, 7) is 3.26. The Morgan fingerprint density at radius 2 is 1.89 bits per heavy atom. The number of hydrogen-bond donors (Lipinski definition) is 0. The fraction of sp³-hybridized carbons (Fsp3) is 0.867. The molecule has 0 saturated heterocycles. The molecule has 0 aromatic heterocycles. The molecule has 0 spiro atoms. The van der Waals surface area contributed by atoms with E-state index < -0.39 is 0 Å². The monoisotopic (exact) mass is 270 g/mol. The van der Waals surface area contributed by atoms with E-state index in [2.05, 4.69) is 11.7 Å². The number of ether oxygens (including phenoxy) is 2. The molecule has 110 valence electrons. The molecule has 0 radical (unpaired) electrons. The van der Waals surface area contributed by atoms with Gasteiger partial charge in [0.1, 0.15) is 5.78 Å². The van der Waals surface area contributed by atoms with E-state index in [1.54, 1.807) is 0 Å². The van der Waals surface area contributed by atoms with Crippen molar-refractivity contribution in [1.82, 2.24) is 0 Å². The fourth-order valence-corrected chi connectivity index (χ4v) is 2.38. The number of methoxy groups -OCH3 is 1. The molecule has 0 amide bonds. The van der Waals surface area contributed by atoms with Crippen LogP contribution in [0.3, 0.4) is 0 Å². The van der Waals surface area contributed by atoms with E-state index in [-0.39, 0.29) is 23.6 Å². The largest absolute Gasteiger partial charge is 0.469 e. The number of Topliss-reactive ketones (excluding diaryl/α,β-unsaturated/α-hetero) is 1. The zero-order chi connectivity index (χ0) is 14.1. The third kappa shape index (κ3) is 5.31. The lowest BCUT2D eigenvalue weighted by Crippen LogP contribution is -2.45. The van der Waals surface area contributed by atoms with E-state index in [9.17, 15) is 9.59 Å². The summed E-state index contributed by atoms with van der Waals surface area (Å²) < 4.78 is 10.2. The third-order valence-electron chi connectivity index (χ3n) is 3.76. The minimum absolute atomic E-state index is 0.123. The molecule has 1 rings (SSSR count). The molecule has 2 atom stereocenters. The van der Waals surface area contributed by atoms with Crippen LogP contribution < -0.4 is 0 Å². The second-order valence-corrected chi connectivity index (χ2v) is 5.25. The Hall–Kier alpha value is -0.900. The van der Waals surface area contributed by atoms with Crippen molar-refractivity contribution in [3.63, 3.8) is 0 Å². The highest BCUT2D eigenvalue weighted by Crippen LogP contribution is 2.31. The summed E-state index contributed by atoms with van der Waals surface area (Å²) in [6, 6.07) is 0. The van der Waals surface area contributed by atoms with Gasteiger partial charge in [0.2, 0.25) is 0 Å². The van der Waals surface area contributed by atoms with Gasteiger partial charge in [0, 0.05) is 13.0 Å². The van der Waals surface area contributed by atoms with E-state index in [1.807, 2.05) is 0 Å². The highest BCUT2D eigenvalue weighted by Gasteiger charge is 2.45. The zero-order valence-electron chi connectivity index (χ0n) is 12.2. The minimum atomic E-state index is -0.284. The predicted molar refractivity (Wildman–Crippen MR) is 72.8 cm³/mol. The van der Waals surface area contributed by atoms with Crippen LogP contribution in [0.5, 0.6) is 0 Å². The molecular formula is C15H26O4. The standard InChI is InChI=1S/C15H26O4/c1-3-4-5-6-7-8-9-19-11-13-12(10-14(13)16)15(17)18-2/h12-13H,3-11H2,1-2H3/t12-,13+/m1/s1. The van der Waals surface area contributed by atoms with Crippen LogP contribution in [0.4, 0.5) is 0 Å². The summed E-state index contributed by atoms with van der Waals surface area (Å²) in [6.07, 6.45) is 7.64. The zero-order valence-corrected chi connectivity index (χ0v) is 12.2. The molecule has 1 fully saturated rings. The maximum Gasteiger partial charge on any atom is 0.309 e. The Morgan fingerprint density at radius 1 is 1.21 bits per heavy atom. The molecule has 0 unspecified atom stereocenters. The van der Waals surface area contributed by atoms with Gasteiger partial charge < -0.3 is 9.47 Å². The molecule has 0 heterocycles. The molecule has 0 aromatic rings. The van der Waals surface area contributed by atoms with Crippen LogP contribution in [0.2, 0.25) is 0 Å². The quantitative estimate of drug-likeness (QED) is 0.452. The van der Waals surface area contributed by atoms with E-state index in [4.69, 9.17) is 4.74 Å². The Bertz CT molecular complexity index is 288. The molecule has 0 N–H and O–H groups in total. The molecule has 1 saturated carbocycles. The van der Waals surface area contributed by atoms with Crippen molar-refractivity contribution in [2.45, 2.75) is 51.9 Å². The topological polar surface area (TPSA) is 52.6 Å². The van der Waals surface area contributed by atoms with Gasteiger partial charge in [-0.3, -0.25) is 9.59 Å². The average Bonchev–Trinajstić information content (AvgIpc) is 2.42. The van der Waals surface area contributed by atoms with Gasteiger partial charge in [0.15, 0.2) is 0 Å². The van der Waals surface area contributed by atoms with E-state index >= 15 is 0 Å². The Labute approximate surface area is 115 Å². The van der Waals surface area contributed by atoms with Crippen molar-refractivity contribution in [2.75, 3.05) is 20.3 Å². The van der Waals surface area contributed by atoms with E-state index in [0.29, 0.717) is 19.6 Å². The van der Waals surface area contributed by atoms with Gasteiger partial charge in [-0.25, -0.2) is 0 Å². The van der Waals surface area contributed by atoms with Crippen molar-refractivity contribution in [1.29, 1.82) is 0 Å². The van der Waals surface area contributed by atoms with Crippen LogP contribution in [0, 0.1) is 11.8 Å². The first kappa shape index (κ1) is 16.2. The molecule has 4 heteroatoms. The van der Waals surface area contributed by atoms with E-state index in [1.165, 1.54) is 39.2 Å². The lowest BCUT2D eigenvalue weighted by atomic mass is 9.73. The summed E-state index contributed by atoms with van der Waals surface area (Å²) in [5.74, 6) is -0.708. The van der Waals surface area contributed by atoms with Crippen LogP contribution in [0.1, 0.15) is 51.9 Å². The fourth-order valence-electron chi connectivity index (χ4n) is 2.38. The molecule has 19 heavy (non-hydrogen) atoms. The smallest absolute Gasteiger partial charge is 0.309 e. The number of carbonyl (C=O) groups excluding carboxylic acids is 2. The highest BCUT2D eigenvalue weighted by atomic mass is 16.5. The summed E-state index contributed by atoms with van der Waals surface area (Å²) in [4.78, 5) is 22.8. The number of hydrogen-bond acceptors (Lipinski definition) is 4. The second kappa shape index (κ2) is 9.08. The van der Waals surface area contributed by atoms with Crippen LogP contribution in [0.15, 0.2) is 0 Å². The highest BCUT2D eigenvalue weighted by molar-refractivity contribution is 5.96. The van der Waals surface area contributed by atoms with Crippen molar-refractivity contribution < 1.29 is 19.1 Å². The van der Waals surface area contributed by atoms with Crippen LogP contribution in [-0.2, 0) is 19.1 Å². The Morgan fingerprint density at radius 3 is 2.53 bits per heavy atom. The maximum atomic E-state index is 11.4. The SMILES string of the molecule is CCCCCCCCOC[C@@H]1C(=O)C[C@H]1C(=O)OC. The lowest BCUT2D eigenvalue weighted by molar-refractivity contribution is -0.160. The minimum Gasteiger partial charge on any atom is -0.469 e. The predicted octanol–water partition coefficient (Wildman–Crippen LogP) is 2.74. The first-order chi connectivity index (χ1) is 9.20. The van der Waals surface area contributed by atoms with Gasteiger partial charge in [-0.15, -0.1) is 0 Å². The average molecular weight is 270 g/mol. The molecule has 0 aromatic carbocycles. The summed E-state index contributed by atoms with van der Waals surface area (Å²) in [5, 5.41) is 0. The van der Waals surface area contributed by atoms with Gasteiger partial charge in [-0.05, 0) is 6.42 Å². The van der Waals surface area contributed by atoms with E-state index in [0.717, 1.165) is 6.42 Å². The second-order valence-electron chi connectivity index (χ2n) is 5.25. The summed E-state index contributed by atoms with van der Waals surface area (Å²) >= 11 is 0. The van der Waals surface area contributed by atoms with Crippen molar-refractivity contribution in [2.24, 2.45) is 11.8 Å². The van der Waals surface area contributed by atoms with Crippen molar-refractivity contribution >= 4 is 11.8 Å².